The van der Waals surface area contributed by atoms with Gasteiger partial charge in [0.05, 0.1) is 18.1 Å². The van der Waals surface area contributed by atoms with Crippen molar-refractivity contribution in [2.24, 2.45) is 5.73 Å². The number of nitro groups is 1. The Bertz CT molecular complexity index is 442. The highest BCUT2D eigenvalue weighted by Crippen LogP contribution is 2.33. The third-order valence-corrected chi connectivity index (χ3v) is 3.26. The molecule has 1 saturated heterocycles. The van der Waals surface area contributed by atoms with E-state index < -0.39 is 0 Å². The van der Waals surface area contributed by atoms with Crippen molar-refractivity contribution in [2.75, 3.05) is 25.1 Å². The van der Waals surface area contributed by atoms with Crippen LogP contribution in [0.15, 0.2) is 18.2 Å². The van der Waals surface area contributed by atoms with E-state index in [2.05, 4.69) is 0 Å². The molecule has 0 bridgehead atoms. The van der Waals surface area contributed by atoms with E-state index in [0.29, 0.717) is 11.4 Å². The van der Waals surface area contributed by atoms with Gasteiger partial charge in [-0.05, 0) is 25.0 Å². The molecule has 0 unspecified atom stereocenters. The highest BCUT2D eigenvalue weighted by atomic mass is 16.6. The molecule has 6 nitrogen and oxygen atoms in total. The third-order valence-electron chi connectivity index (χ3n) is 3.26. The number of nitro benzene ring substituents is 1. The average Bonchev–Trinajstić information content (AvgIpc) is 2.39. The van der Waals surface area contributed by atoms with Crippen molar-refractivity contribution in [3.05, 3.63) is 28.3 Å². The van der Waals surface area contributed by atoms with Gasteiger partial charge in [0.2, 0.25) is 0 Å². The van der Waals surface area contributed by atoms with Gasteiger partial charge in [0.1, 0.15) is 11.4 Å². The molecule has 2 rings (SSSR count). The second kappa shape index (κ2) is 5.22. The van der Waals surface area contributed by atoms with Crippen LogP contribution in [0.25, 0.3) is 0 Å². The number of anilines is 1. The lowest BCUT2D eigenvalue weighted by molar-refractivity contribution is -0.384. The molecule has 1 heterocycles. The van der Waals surface area contributed by atoms with E-state index >= 15 is 0 Å². The predicted molar refractivity (Wildman–Crippen MR) is 69.1 cm³/mol. The molecule has 0 spiro atoms. The second-order valence-electron chi connectivity index (χ2n) is 4.44. The van der Waals surface area contributed by atoms with Crippen LogP contribution in [0.3, 0.4) is 0 Å². The lowest BCUT2D eigenvalue weighted by Gasteiger charge is -2.31. The van der Waals surface area contributed by atoms with Crippen LogP contribution in [0.1, 0.15) is 12.8 Å². The number of hydrogen-bond acceptors (Lipinski definition) is 5. The van der Waals surface area contributed by atoms with Gasteiger partial charge in [0.15, 0.2) is 0 Å². The van der Waals surface area contributed by atoms with Gasteiger partial charge in [-0.1, -0.05) is 0 Å². The summed E-state index contributed by atoms with van der Waals surface area (Å²) in [7, 11) is 1.50. The number of ether oxygens (including phenoxy) is 1. The standard InChI is InChI=1S/C12H17N3O3/c1-18-10-2-3-11(12(8-10)15(16)17)14-6-4-9(13)5-7-14/h2-3,8-9H,4-7,13H2,1H3. The fraction of sp³-hybridized carbons (Fsp3) is 0.500. The first-order valence-electron chi connectivity index (χ1n) is 5.95. The lowest BCUT2D eigenvalue weighted by atomic mass is 10.0. The maximum absolute atomic E-state index is 11.1. The SMILES string of the molecule is COc1ccc(N2CCC(N)CC2)c([N+](=O)[O-])c1. The number of nitrogens with two attached hydrogens (primary N) is 1. The molecule has 2 N–H and O–H groups in total. The van der Waals surface area contributed by atoms with Crippen LogP contribution in [-0.2, 0) is 0 Å². The zero-order valence-electron chi connectivity index (χ0n) is 10.3. The van der Waals surface area contributed by atoms with Gasteiger partial charge in [0, 0.05) is 19.1 Å². The normalized spacial score (nSPS) is 16.7. The van der Waals surface area contributed by atoms with Gasteiger partial charge >= 0.3 is 0 Å². The van der Waals surface area contributed by atoms with Crippen molar-refractivity contribution in [1.29, 1.82) is 0 Å². The monoisotopic (exact) mass is 251 g/mol. The Morgan fingerprint density at radius 3 is 2.67 bits per heavy atom. The summed E-state index contributed by atoms with van der Waals surface area (Å²) in [5, 5.41) is 11.1. The summed E-state index contributed by atoms with van der Waals surface area (Å²) < 4.78 is 5.02. The van der Waals surface area contributed by atoms with Crippen molar-refractivity contribution in [3.63, 3.8) is 0 Å². The van der Waals surface area contributed by atoms with E-state index in [-0.39, 0.29) is 16.7 Å². The van der Waals surface area contributed by atoms with Crippen molar-refractivity contribution < 1.29 is 9.66 Å². The molecule has 0 radical (unpaired) electrons. The van der Waals surface area contributed by atoms with Gasteiger partial charge in [-0.3, -0.25) is 10.1 Å². The quantitative estimate of drug-likeness (QED) is 0.650. The minimum absolute atomic E-state index is 0.0878. The van der Waals surface area contributed by atoms with E-state index in [0.717, 1.165) is 25.9 Å². The van der Waals surface area contributed by atoms with Gasteiger partial charge in [-0.25, -0.2) is 0 Å². The maximum atomic E-state index is 11.1. The minimum atomic E-state index is -0.369. The van der Waals surface area contributed by atoms with E-state index in [9.17, 15) is 10.1 Å². The molecular formula is C12H17N3O3. The average molecular weight is 251 g/mol. The Hall–Kier alpha value is -1.82. The molecule has 0 amide bonds. The van der Waals surface area contributed by atoms with E-state index in [4.69, 9.17) is 10.5 Å². The summed E-state index contributed by atoms with van der Waals surface area (Å²) in [6.07, 6.45) is 1.73. The number of piperidine rings is 1. The predicted octanol–water partition coefficient (Wildman–Crippen LogP) is 1.53. The molecule has 1 aromatic rings. The maximum Gasteiger partial charge on any atom is 0.296 e. The fourth-order valence-corrected chi connectivity index (χ4v) is 2.18. The first-order chi connectivity index (χ1) is 8.61. The van der Waals surface area contributed by atoms with E-state index in [1.165, 1.54) is 13.2 Å². The number of methoxy groups -OCH3 is 1. The third kappa shape index (κ3) is 2.53. The van der Waals surface area contributed by atoms with Crippen LogP contribution in [0.2, 0.25) is 0 Å². The molecule has 0 aliphatic carbocycles. The molecule has 1 aliphatic rings. The molecule has 98 valence electrons. The Kier molecular flexibility index (Phi) is 3.66. The first kappa shape index (κ1) is 12.6. The van der Waals surface area contributed by atoms with Crippen LogP contribution >= 0.6 is 0 Å². The van der Waals surface area contributed by atoms with Crippen LogP contribution in [0, 0.1) is 10.1 Å². The highest BCUT2D eigenvalue weighted by molar-refractivity contribution is 5.65. The molecule has 18 heavy (non-hydrogen) atoms. The van der Waals surface area contributed by atoms with Crippen LogP contribution in [-0.4, -0.2) is 31.2 Å². The summed E-state index contributed by atoms with van der Waals surface area (Å²) in [6, 6.07) is 5.16. The van der Waals surface area contributed by atoms with Crippen LogP contribution < -0.4 is 15.4 Å². The zero-order valence-corrected chi connectivity index (χ0v) is 10.3. The molecule has 1 aromatic carbocycles. The number of nitrogens with zero attached hydrogens (tertiary/aromatic N) is 2. The topological polar surface area (TPSA) is 81.6 Å². The number of benzene rings is 1. The van der Waals surface area contributed by atoms with Crippen LogP contribution in [0.5, 0.6) is 5.75 Å². The molecule has 1 aliphatic heterocycles. The van der Waals surface area contributed by atoms with Crippen molar-refractivity contribution in [3.8, 4) is 5.75 Å². The van der Waals surface area contributed by atoms with Crippen molar-refractivity contribution in [2.45, 2.75) is 18.9 Å². The highest BCUT2D eigenvalue weighted by Gasteiger charge is 2.23. The minimum Gasteiger partial charge on any atom is -0.496 e. The number of rotatable bonds is 3. The molecule has 0 atom stereocenters. The summed E-state index contributed by atoms with van der Waals surface area (Å²) in [4.78, 5) is 12.7. The van der Waals surface area contributed by atoms with E-state index in [1.807, 2.05) is 4.90 Å². The smallest absolute Gasteiger partial charge is 0.296 e. The summed E-state index contributed by atoms with van der Waals surface area (Å²) in [5.41, 5.74) is 6.57. The van der Waals surface area contributed by atoms with Crippen LogP contribution in [0.4, 0.5) is 11.4 Å². The number of hydrogen-bond donors (Lipinski definition) is 1. The zero-order chi connectivity index (χ0) is 13.1. The Morgan fingerprint density at radius 2 is 2.11 bits per heavy atom. The van der Waals surface area contributed by atoms with Gasteiger partial charge in [-0.15, -0.1) is 0 Å². The van der Waals surface area contributed by atoms with Crippen molar-refractivity contribution >= 4 is 11.4 Å². The fourth-order valence-electron chi connectivity index (χ4n) is 2.18. The molecular weight excluding hydrogens is 234 g/mol. The Morgan fingerprint density at radius 1 is 1.44 bits per heavy atom. The van der Waals surface area contributed by atoms with E-state index in [1.54, 1.807) is 12.1 Å². The summed E-state index contributed by atoms with van der Waals surface area (Å²) in [5.74, 6) is 0.499. The lowest BCUT2D eigenvalue weighted by Crippen LogP contribution is -2.39. The summed E-state index contributed by atoms with van der Waals surface area (Å²) in [6.45, 7) is 1.52. The molecule has 6 heteroatoms. The largest absolute Gasteiger partial charge is 0.496 e. The van der Waals surface area contributed by atoms with Gasteiger partial charge in [0.25, 0.3) is 5.69 Å². The first-order valence-corrected chi connectivity index (χ1v) is 5.95. The molecule has 0 aromatic heterocycles. The van der Waals surface area contributed by atoms with Gasteiger partial charge in [-0.2, -0.15) is 0 Å². The van der Waals surface area contributed by atoms with Crippen molar-refractivity contribution in [1.82, 2.24) is 0 Å². The van der Waals surface area contributed by atoms with Gasteiger partial charge < -0.3 is 15.4 Å². The molecule has 0 saturated carbocycles. The molecule has 1 fully saturated rings. The second-order valence-corrected chi connectivity index (χ2v) is 4.44. The Labute approximate surface area is 105 Å². The summed E-state index contributed by atoms with van der Waals surface area (Å²) >= 11 is 0. The Balaban J connectivity index is 2.29.